The van der Waals surface area contributed by atoms with Crippen LogP contribution in [-0.2, 0) is 16.0 Å². The molecule has 7 N–H and O–H groups in total. The molecule has 0 fully saturated rings. The molecule has 0 aliphatic carbocycles. The zero-order valence-corrected chi connectivity index (χ0v) is 25.4. The van der Waals surface area contributed by atoms with E-state index in [0.717, 1.165) is 18.4 Å². The van der Waals surface area contributed by atoms with E-state index in [1.807, 2.05) is 32.0 Å². The van der Waals surface area contributed by atoms with Gasteiger partial charge < -0.3 is 41.2 Å². The van der Waals surface area contributed by atoms with Crippen LogP contribution in [0.1, 0.15) is 66.4 Å². The minimum absolute atomic E-state index is 0.0141. The number of ether oxygens (including phenoxy) is 3. The summed E-state index contributed by atoms with van der Waals surface area (Å²) < 4.78 is 16.5. The van der Waals surface area contributed by atoms with Crippen molar-refractivity contribution in [2.24, 2.45) is 40.6 Å². The SMILES string of the molecule is COCCCOc1cc(C[C@H](C[C@@H](N)[C@H](O)C[C@@H](C(=O)NCC(C)(C)[C@H](N)O)C(C)C)C(C)C)ccc1OC. The Kier molecular flexibility index (Phi) is 15.3. The van der Waals surface area contributed by atoms with Gasteiger partial charge in [-0.2, -0.15) is 0 Å². The number of nitrogens with two attached hydrogens (primary N) is 2. The molecule has 0 aliphatic heterocycles. The van der Waals surface area contributed by atoms with Gasteiger partial charge in [0.25, 0.3) is 0 Å². The van der Waals surface area contributed by atoms with E-state index in [1.165, 1.54) is 0 Å². The second kappa shape index (κ2) is 17.0. The first-order valence-corrected chi connectivity index (χ1v) is 14.2. The molecule has 1 aromatic rings. The van der Waals surface area contributed by atoms with Gasteiger partial charge in [-0.15, -0.1) is 0 Å². The molecule has 0 aromatic heterocycles. The molecule has 9 nitrogen and oxygen atoms in total. The number of methoxy groups -OCH3 is 2. The molecule has 0 saturated heterocycles. The summed E-state index contributed by atoms with van der Waals surface area (Å²) in [5.41, 5.74) is 12.6. The topological polar surface area (TPSA) is 149 Å². The molecule has 0 heterocycles. The Morgan fingerprint density at radius 3 is 2.21 bits per heavy atom. The van der Waals surface area contributed by atoms with Gasteiger partial charge in [0.2, 0.25) is 5.91 Å². The van der Waals surface area contributed by atoms with Crippen LogP contribution in [0.5, 0.6) is 11.5 Å². The number of carbonyl (C=O) groups excluding carboxylic acids is 1. The summed E-state index contributed by atoms with van der Waals surface area (Å²) in [5, 5.41) is 23.7. The number of amides is 1. The lowest BCUT2D eigenvalue weighted by molar-refractivity contribution is -0.128. The monoisotopic (exact) mass is 553 g/mol. The van der Waals surface area contributed by atoms with Gasteiger partial charge in [0, 0.05) is 44.1 Å². The molecule has 0 aliphatic rings. The number of aliphatic hydroxyl groups excluding tert-OH is 2. The fourth-order valence-corrected chi connectivity index (χ4v) is 4.41. The molecule has 5 atom stereocenters. The van der Waals surface area contributed by atoms with Gasteiger partial charge in [-0.1, -0.05) is 47.6 Å². The van der Waals surface area contributed by atoms with Crippen LogP contribution in [0.25, 0.3) is 0 Å². The highest BCUT2D eigenvalue weighted by molar-refractivity contribution is 5.79. The third-order valence-electron chi connectivity index (χ3n) is 7.64. The smallest absolute Gasteiger partial charge is 0.223 e. The van der Waals surface area contributed by atoms with E-state index >= 15 is 0 Å². The normalized spacial score (nSPS) is 16.1. The molecule has 9 heteroatoms. The van der Waals surface area contributed by atoms with Gasteiger partial charge in [-0.25, -0.2) is 0 Å². The number of rotatable bonds is 19. The first-order valence-electron chi connectivity index (χ1n) is 14.2. The Labute approximate surface area is 236 Å². The largest absolute Gasteiger partial charge is 0.493 e. The van der Waals surface area contributed by atoms with Crippen LogP contribution in [-0.4, -0.2) is 68.5 Å². The molecule has 1 rings (SSSR count). The second-order valence-electron chi connectivity index (χ2n) is 12.1. The number of benzene rings is 1. The van der Waals surface area contributed by atoms with Crippen molar-refractivity contribution in [2.45, 2.75) is 85.6 Å². The van der Waals surface area contributed by atoms with Crippen LogP contribution in [0.3, 0.4) is 0 Å². The van der Waals surface area contributed by atoms with Crippen molar-refractivity contribution in [3.8, 4) is 11.5 Å². The van der Waals surface area contributed by atoms with E-state index in [9.17, 15) is 15.0 Å². The second-order valence-corrected chi connectivity index (χ2v) is 12.1. The van der Waals surface area contributed by atoms with Crippen molar-refractivity contribution in [3.05, 3.63) is 23.8 Å². The van der Waals surface area contributed by atoms with E-state index in [4.69, 9.17) is 25.7 Å². The maximum Gasteiger partial charge on any atom is 0.223 e. The first kappa shape index (κ1) is 35.1. The van der Waals surface area contributed by atoms with E-state index in [1.54, 1.807) is 28.1 Å². The average molecular weight is 554 g/mol. The number of carbonyl (C=O) groups is 1. The number of hydrogen-bond donors (Lipinski definition) is 5. The highest BCUT2D eigenvalue weighted by atomic mass is 16.5. The molecular weight excluding hydrogens is 498 g/mol. The van der Waals surface area contributed by atoms with Crippen LogP contribution in [0.2, 0.25) is 0 Å². The van der Waals surface area contributed by atoms with Crippen molar-refractivity contribution in [1.82, 2.24) is 5.32 Å². The molecule has 0 unspecified atom stereocenters. The van der Waals surface area contributed by atoms with Gasteiger partial charge in [0.15, 0.2) is 11.5 Å². The highest BCUT2D eigenvalue weighted by Crippen LogP contribution is 2.32. The molecule has 39 heavy (non-hydrogen) atoms. The van der Waals surface area contributed by atoms with Crippen molar-refractivity contribution < 1.29 is 29.2 Å². The summed E-state index contributed by atoms with van der Waals surface area (Å²) in [5.74, 6) is 1.39. The summed E-state index contributed by atoms with van der Waals surface area (Å²) in [7, 11) is 3.30. The van der Waals surface area contributed by atoms with Gasteiger partial charge in [0.1, 0.15) is 6.23 Å². The molecule has 1 aromatic carbocycles. The lowest BCUT2D eigenvalue weighted by atomic mass is 9.80. The summed E-state index contributed by atoms with van der Waals surface area (Å²) >= 11 is 0. The van der Waals surface area contributed by atoms with Crippen LogP contribution >= 0.6 is 0 Å². The molecular formula is C30H55N3O6. The van der Waals surface area contributed by atoms with Crippen molar-refractivity contribution >= 4 is 5.91 Å². The maximum absolute atomic E-state index is 13.0. The average Bonchev–Trinajstić information content (AvgIpc) is 2.87. The standard InChI is InChI=1S/C30H55N3O6/c1-19(2)22(14-21-10-11-26(38-8)27(15-21)39-13-9-12-37-7)16-24(31)25(34)17-23(20(3)4)28(35)33-18-30(5,6)29(32)36/h10-11,15,19-20,22-25,29,34,36H,9,12-14,16-18,31-32H2,1-8H3,(H,33,35)/t22-,23-,24-,25-,29-/m1/s1. The minimum Gasteiger partial charge on any atom is -0.493 e. The molecule has 1 amide bonds. The third kappa shape index (κ3) is 12.0. The van der Waals surface area contributed by atoms with E-state index < -0.39 is 29.7 Å². The van der Waals surface area contributed by atoms with Gasteiger partial charge >= 0.3 is 0 Å². The molecule has 0 bridgehead atoms. The summed E-state index contributed by atoms with van der Waals surface area (Å²) in [4.78, 5) is 13.0. The molecule has 226 valence electrons. The fraction of sp³-hybridized carbons (Fsp3) is 0.767. The van der Waals surface area contributed by atoms with Crippen molar-refractivity contribution in [2.75, 3.05) is 34.0 Å². The van der Waals surface area contributed by atoms with Crippen LogP contribution in [0.15, 0.2) is 18.2 Å². The molecule has 0 spiro atoms. The Morgan fingerprint density at radius 1 is 1.00 bits per heavy atom. The van der Waals surface area contributed by atoms with Gasteiger partial charge in [0.05, 0.1) is 19.8 Å². The summed E-state index contributed by atoms with van der Waals surface area (Å²) in [6.45, 7) is 13.2. The maximum atomic E-state index is 13.0. The van der Waals surface area contributed by atoms with Crippen molar-refractivity contribution in [3.63, 3.8) is 0 Å². The fourth-order valence-electron chi connectivity index (χ4n) is 4.41. The number of hydrogen-bond acceptors (Lipinski definition) is 8. The Balaban J connectivity index is 2.86. The summed E-state index contributed by atoms with van der Waals surface area (Å²) in [6, 6.07) is 5.50. The Morgan fingerprint density at radius 2 is 1.67 bits per heavy atom. The molecule has 0 radical (unpaired) electrons. The van der Waals surface area contributed by atoms with Crippen LogP contribution in [0, 0.1) is 29.1 Å². The minimum atomic E-state index is -1.05. The van der Waals surface area contributed by atoms with E-state index in [2.05, 4.69) is 19.2 Å². The lowest BCUT2D eigenvalue weighted by Crippen LogP contribution is -2.48. The number of nitrogens with one attached hydrogen (secondary N) is 1. The van der Waals surface area contributed by atoms with E-state index in [-0.39, 0.29) is 30.7 Å². The Hall–Kier alpha value is -1.91. The zero-order valence-electron chi connectivity index (χ0n) is 25.4. The van der Waals surface area contributed by atoms with Crippen LogP contribution < -0.4 is 26.3 Å². The lowest BCUT2D eigenvalue weighted by Gasteiger charge is -2.31. The molecule has 0 saturated carbocycles. The first-order chi connectivity index (χ1) is 18.2. The van der Waals surface area contributed by atoms with E-state index in [0.29, 0.717) is 37.1 Å². The Bertz CT molecular complexity index is 846. The van der Waals surface area contributed by atoms with Gasteiger partial charge in [-0.05, 0) is 54.7 Å². The van der Waals surface area contributed by atoms with Gasteiger partial charge in [-0.3, -0.25) is 4.79 Å². The quantitative estimate of drug-likeness (QED) is 0.130. The van der Waals surface area contributed by atoms with Crippen LogP contribution in [0.4, 0.5) is 0 Å². The zero-order chi connectivity index (χ0) is 29.8. The third-order valence-corrected chi connectivity index (χ3v) is 7.64. The predicted octanol–water partition coefficient (Wildman–Crippen LogP) is 3.09. The predicted molar refractivity (Wildman–Crippen MR) is 156 cm³/mol. The highest BCUT2D eigenvalue weighted by Gasteiger charge is 2.32. The number of aliphatic hydroxyl groups is 2. The summed E-state index contributed by atoms with van der Waals surface area (Å²) in [6.07, 6.45) is 0.574. The van der Waals surface area contributed by atoms with Crippen molar-refractivity contribution in [1.29, 1.82) is 0 Å².